The second-order valence-corrected chi connectivity index (χ2v) is 7.90. The second-order valence-electron chi connectivity index (χ2n) is 6.88. The zero-order valence-corrected chi connectivity index (χ0v) is 19.1. The highest BCUT2D eigenvalue weighted by atomic mass is 32.2. The molecule has 0 aliphatic heterocycles. The third-order valence-electron chi connectivity index (χ3n) is 4.43. The summed E-state index contributed by atoms with van der Waals surface area (Å²) in [7, 11) is 1.52. The highest BCUT2D eigenvalue weighted by Gasteiger charge is 2.16. The number of amides is 2. The molecule has 3 aromatic rings. The van der Waals surface area contributed by atoms with Gasteiger partial charge in [0.25, 0.3) is 5.91 Å². The lowest BCUT2D eigenvalue weighted by molar-refractivity contribution is -0.119. The second kappa shape index (κ2) is 12.1. The van der Waals surface area contributed by atoms with Gasteiger partial charge in [0.2, 0.25) is 5.91 Å². The molecule has 2 N–H and O–H groups in total. The zero-order valence-electron chi connectivity index (χ0n) is 18.2. The van der Waals surface area contributed by atoms with Crippen molar-refractivity contribution in [2.24, 2.45) is 0 Å². The maximum atomic E-state index is 12.6. The predicted octanol–water partition coefficient (Wildman–Crippen LogP) is 4.09. The van der Waals surface area contributed by atoms with Crippen LogP contribution in [0, 0.1) is 11.3 Å². The number of ether oxygens (including phenoxy) is 2. The summed E-state index contributed by atoms with van der Waals surface area (Å²) in [4.78, 5) is 37.6. The molecule has 0 saturated heterocycles. The molecular weight excluding hydrogens is 454 g/mol. The molecule has 0 atom stereocenters. The van der Waals surface area contributed by atoms with Crippen molar-refractivity contribution in [2.45, 2.75) is 4.90 Å². The third-order valence-corrected chi connectivity index (χ3v) is 5.50. The normalized spacial score (nSPS) is 10.0. The summed E-state index contributed by atoms with van der Waals surface area (Å²) in [5, 5.41) is 14.3. The van der Waals surface area contributed by atoms with Gasteiger partial charge in [0.05, 0.1) is 30.1 Å². The lowest BCUT2D eigenvalue weighted by Crippen LogP contribution is -2.21. The van der Waals surface area contributed by atoms with Gasteiger partial charge in [-0.25, -0.2) is 4.79 Å². The fourth-order valence-corrected chi connectivity index (χ4v) is 3.72. The lowest BCUT2D eigenvalue weighted by atomic mass is 10.2. The minimum atomic E-state index is -0.675. The SMILES string of the molecule is COc1cccc(NC(=O)COC(=O)c2ccccc2SCC(=O)Nc2cccc(C#N)c2)c1. The number of anilines is 2. The van der Waals surface area contributed by atoms with E-state index in [0.717, 1.165) is 11.8 Å². The van der Waals surface area contributed by atoms with Crippen LogP contribution in [-0.4, -0.2) is 37.3 Å². The first-order valence-corrected chi connectivity index (χ1v) is 11.1. The number of hydrogen-bond donors (Lipinski definition) is 2. The van der Waals surface area contributed by atoms with E-state index in [4.69, 9.17) is 14.7 Å². The number of nitrogens with zero attached hydrogens (tertiary/aromatic N) is 1. The van der Waals surface area contributed by atoms with E-state index < -0.39 is 18.5 Å². The fraction of sp³-hybridized carbons (Fsp3) is 0.120. The van der Waals surface area contributed by atoms with Crippen LogP contribution in [0.2, 0.25) is 0 Å². The molecule has 0 bridgehead atoms. The van der Waals surface area contributed by atoms with E-state index in [0.29, 0.717) is 27.6 Å². The molecule has 0 radical (unpaired) electrons. The minimum absolute atomic E-state index is 0.0391. The molecule has 172 valence electrons. The van der Waals surface area contributed by atoms with E-state index in [9.17, 15) is 14.4 Å². The van der Waals surface area contributed by atoms with Gasteiger partial charge in [0, 0.05) is 22.3 Å². The Morgan fingerprint density at radius 2 is 1.62 bits per heavy atom. The molecule has 8 nitrogen and oxygen atoms in total. The highest BCUT2D eigenvalue weighted by molar-refractivity contribution is 8.00. The molecule has 0 aromatic heterocycles. The number of hydrogen-bond acceptors (Lipinski definition) is 7. The number of nitriles is 1. The lowest BCUT2D eigenvalue weighted by Gasteiger charge is -2.10. The Labute approximate surface area is 200 Å². The van der Waals surface area contributed by atoms with Crippen molar-refractivity contribution >= 4 is 40.9 Å². The molecule has 0 unspecified atom stereocenters. The number of methoxy groups -OCH3 is 1. The molecule has 34 heavy (non-hydrogen) atoms. The predicted molar refractivity (Wildman–Crippen MR) is 129 cm³/mol. The number of thioether (sulfide) groups is 1. The first kappa shape index (κ1) is 24.4. The van der Waals surface area contributed by atoms with E-state index in [1.807, 2.05) is 6.07 Å². The highest BCUT2D eigenvalue weighted by Crippen LogP contribution is 2.24. The Bertz CT molecular complexity index is 1240. The largest absolute Gasteiger partial charge is 0.497 e. The molecular formula is C25H21N3O5S. The summed E-state index contributed by atoms with van der Waals surface area (Å²) < 4.78 is 10.3. The minimum Gasteiger partial charge on any atom is -0.497 e. The molecule has 3 rings (SSSR count). The van der Waals surface area contributed by atoms with Crippen LogP contribution in [0.25, 0.3) is 0 Å². The Morgan fingerprint density at radius 3 is 2.38 bits per heavy atom. The molecule has 0 spiro atoms. The van der Waals surface area contributed by atoms with Gasteiger partial charge in [-0.2, -0.15) is 5.26 Å². The number of rotatable bonds is 9. The average molecular weight is 476 g/mol. The quantitative estimate of drug-likeness (QED) is 0.353. The molecule has 2 amide bonds. The van der Waals surface area contributed by atoms with Crippen LogP contribution in [0.15, 0.2) is 77.7 Å². The van der Waals surface area contributed by atoms with Crippen LogP contribution in [0.5, 0.6) is 5.75 Å². The summed E-state index contributed by atoms with van der Waals surface area (Å²) in [6, 6.07) is 22.1. The standard InChI is InChI=1S/C25H21N3O5S/c1-32-20-9-5-8-19(13-20)27-23(29)15-33-25(31)21-10-2-3-11-22(21)34-16-24(30)28-18-7-4-6-17(12-18)14-26/h2-13H,15-16H2,1H3,(H,27,29)(H,28,30). The van der Waals surface area contributed by atoms with Crippen molar-refractivity contribution in [3.8, 4) is 11.8 Å². The summed E-state index contributed by atoms with van der Waals surface area (Å²) in [5.41, 5.74) is 1.72. The van der Waals surface area contributed by atoms with Gasteiger partial charge in [-0.3, -0.25) is 9.59 Å². The van der Waals surface area contributed by atoms with Gasteiger partial charge in [0.15, 0.2) is 6.61 Å². The van der Waals surface area contributed by atoms with Crippen molar-refractivity contribution in [3.63, 3.8) is 0 Å². The van der Waals surface area contributed by atoms with Gasteiger partial charge in [-0.15, -0.1) is 11.8 Å². The van der Waals surface area contributed by atoms with Crippen LogP contribution in [0.3, 0.4) is 0 Å². The van der Waals surface area contributed by atoms with Crippen LogP contribution in [0.1, 0.15) is 15.9 Å². The molecule has 0 heterocycles. The summed E-state index contributed by atoms with van der Waals surface area (Å²) in [5.74, 6) is -0.836. The Hall–Kier alpha value is -4.29. The molecule has 0 fully saturated rings. The van der Waals surface area contributed by atoms with Gasteiger partial charge in [0.1, 0.15) is 5.75 Å². The van der Waals surface area contributed by atoms with E-state index in [1.165, 1.54) is 7.11 Å². The zero-order chi connectivity index (χ0) is 24.3. The smallest absolute Gasteiger partial charge is 0.339 e. The number of benzene rings is 3. The monoisotopic (exact) mass is 475 g/mol. The average Bonchev–Trinajstić information content (AvgIpc) is 2.86. The maximum absolute atomic E-state index is 12.6. The van der Waals surface area contributed by atoms with Gasteiger partial charge in [-0.05, 0) is 42.5 Å². The molecule has 9 heteroatoms. The van der Waals surface area contributed by atoms with Crippen LogP contribution < -0.4 is 15.4 Å². The fourth-order valence-electron chi connectivity index (χ4n) is 2.87. The molecule has 0 saturated carbocycles. The number of carbonyl (C=O) groups is 3. The maximum Gasteiger partial charge on any atom is 0.339 e. The first-order valence-electron chi connectivity index (χ1n) is 10.1. The molecule has 3 aromatic carbocycles. The topological polar surface area (TPSA) is 118 Å². The van der Waals surface area contributed by atoms with Gasteiger partial charge >= 0.3 is 5.97 Å². The van der Waals surface area contributed by atoms with Crippen molar-refractivity contribution < 1.29 is 23.9 Å². The Balaban J connectivity index is 1.54. The number of carbonyl (C=O) groups excluding carboxylic acids is 3. The van der Waals surface area contributed by atoms with Gasteiger partial charge in [-0.1, -0.05) is 24.3 Å². The van der Waals surface area contributed by atoms with Crippen LogP contribution in [-0.2, 0) is 14.3 Å². The third kappa shape index (κ3) is 7.12. The van der Waals surface area contributed by atoms with E-state index >= 15 is 0 Å². The molecule has 0 aliphatic rings. The van der Waals surface area contributed by atoms with Crippen LogP contribution in [0.4, 0.5) is 11.4 Å². The van der Waals surface area contributed by atoms with Crippen molar-refractivity contribution in [2.75, 3.05) is 30.1 Å². The van der Waals surface area contributed by atoms with Crippen molar-refractivity contribution in [1.82, 2.24) is 0 Å². The summed E-state index contributed by atoms with van der Waals surface area (Å²) >= 11 is 1.16. The summed E-state index contributed by atoms with van der Waals surface area (Å²) in [6.45, 7) is -0.467. The van der Waals surface area contributed by atoms with E-state index in [1.54, 1.807) is 72.8 Å². The number of nitrogens with one attached hydrogen (secondary N) is 2. The molecule has 0 aliphatic carbocycles. The Kier molecular flexibility index (Phi) is 8.66. The summed E-state index contributed by atoms with van der Waals surface area (Å²) in [6.07, 6.45) is 0. The first-order chi connectivity index (χ1) is 16.5. The number of esters is 1. The van der Waals surface area contributed by atoms with E-state index in [2.05, 4.69) is 10.6 Å². The van der Waals surface area contributed by atoms with Crippen LogP contribution >= 0.6 is 11.8 Å². The van der Waals surface area contributed by atoms with E-state index in [-0.39, 0.29) is 17.2 Å². The van der Waals surface area contributed by atoms with Gasteiger partial charge < -0.3 is 20.1 Å². The Morgan fingerprint density at radius 1 is 0.912 bits per heavy atom. The van der Waals surface area contributed by atoms with Crippen molar-refractivity contribution in [1.29, 1.82) is 5.26 Å². The van der Waals surface area contributed by atoms with Crippen molar-refractivity contribution in [3.05, 3.63) is 83.9 Å².